The fourth-order valence-electron chi connectivity index (χ4n) is 5.26. The summed E-state index contributed by atoms with van der Waals surface area (Å²) in [5.41, 5.74) is 1.24. The Balaban J connectivity index is 1.34. The van der Waals surface area contributed by atoms with Crippen molar-refractivity contribution in [2.24, 2.45) is 0 Å². The number of benzene rings is 2. The first kappa shape index (κ1) is 26.4. The Labute approximate surface area is 227 Å². The second-order valence-corrected chi connectivity index (χ2v) is 9.80. The van der Waals surface area contributed by atoms with Crippen LogP contribution in [0.2, 0.25) is 0 Å². The number of ether oxygens (including phenoxy) is 2. The Hall–Kier alpha value is -4.24. The number of methoxy groups -OCH3 is 1. The molecule has 3 aromatic rings. The van der Waals surface area contributed by atoms with Crippen molar-refractivity contribution in [2.75, 3.05) is 26.8 Å². The van der Waals surface area contributed by atoms with Crippen LogP contribution >= 0.6 is 0 Å². The molecule has 0 bridgehead atoms. The predicted molar refractivity (Wildman–Crippen MR) is 144 cm³/mol. The topological polar surface area (TPSA) is 101 Å². The number of hydrogen-bond donors (Lipinski definition) is 1. The first-order valence-corrected chi connectivity index (χ1v) is 13.1. The summed E-state index contributed by atoms with van der Waals surface area (Å²) in [6.45, 7) is 1.22. The SMILES string of the molecule is COc1cccc(C(=O)N2[C@H](C(=O)NCc3cccnc3)COC23CCN(C(=O)Cc2ccccc2)CC3)c1. The fraction of sp³-hybridized carbons (Fsp3) is 0.333. The maximum atomic E-state index is 14.0. The van der Waals surface area contributed by atoms with E-state index in [0.717, 1.165) is 11.1 Å². The quantitative estimate of drug-likeness (QED) is 0.506. The largest absolute Gasteiger partial charge is 0.497 e. The van der Waals surface area contributed by atoms with Gasteiger partial charge in [-0.1, -0.05) is 42.5 Å². The summed E-state index contributed by atoms with van der Waals surface area (Å²) in [5.74, 6) is -0.0223. The molecule has 2 saturated heterocycles. The highest BCUT2D eigenvalue weighted by Crippen LogP contribution is 2.39. The number of nitrogens with one attached hydrogen (secondary N) is 1. The molecule has 0 saturated carbocycles. The van der Waals surface area contributed by atoms with Gasteiger partial charge in [0.05, 0.1) is 20.1 Å². The first-order valence-electron chi connectivity index (χ1n) is 13.1. The number of piperidine rings is 1. The van der Waals surface area contributed by atoms with Crippen LogP contribution in [0.3, 0.4) is 0 Å². The molecule has 3 amide bonds. The second kappa shape index (κ2) is 11.7. The number of amides is 3. The third-order valence-corrected chi connectivity index (χ3v) is 7.38. The smallest absolute Gasteiger partial charge is 0.257 e. The average molecular weight is 529 g/mol. The Bertz CT molecular complexity index is 1310. The molecule has 39 heavy (non-hydrogen) atoms. The first-order chi connectivity index (χ1) is 19.0. The molecule has 2 aliphatic heterocycles. The number of hydrogen-bond acceptors (Lipinski definition) is 6. The summed E-state index contributed by atoms with van der Waals surface area (Å²) in [5, 5.41) is 2.93. The van der Waals surface area contributed by atoms with Crippen LogP contribution in [0.5, 0.6) is 5.75 Å². The monoisotopic (exact) mass is 528 g/mol. The number of carbonyl (C=O) groups is 3. The van der Waals surface area contributed by atoms with Crippen molar-refractivity contribution in [3.05, 3.63) is 95.8 Å². The van der Waals surface area contributed by atoms with Gasteiger partial charge in [0.25, 0.3) is 5.91 Å². The summed E-state index contributed by atoms with van der Waals surface area (Å²) in [4.78, 5) is 47.8. The van der Waals surface area contributed by atoms with Gasteiger partial charge in [0.15, 0.2) is 0 Å². The summed E-state index contributed by atoms with van der Waals surface area (Å²) < 4.78 is 11.6. The van der Waals surface area contributed by atoms with Crippen molar-refractivity contribution >= 4 is 17.7 Å². The van der Waals surface area contributed by atoms with E-state index in [1.165, 1.54) is 0 Å². The lowest BCUT2D eigenvalue weighted by Crippen LogP contribution is -2.59. The highest BCUT2D eigenvalue weighted by Gasteiger charge is 2.54. The van der Waals surface area contributed by atoms with E-state index in [2.05, 4.69) is 10.3 Å². The molecule has 1 atom stereocenters. The fourth-order valence-corrected chi connectivity index (χ4v) is 5.26. The van der Waals surface area contributed by atoms with Gasteiger partial charge >= 0.3 is 0 Å². The van der Waals surface area contributed by atoms with Gasteiger partial charge in [-0.15, -0.1) is 0 Å². The Kier molecular flexibility index (Phi) is 7.88. The number of pyridine rings is 1. The van der Waals surface area contributed by atoms with Gasteiger partial charge < -0.3 is 19.7 Å². The molecule has 3 heterocycles. The van der Waals surface area contributed by atoms with Crippen LogP contribution in [0.25, 0.3) is 0 Å². The molecule has 0 unspecified atom stereocenters. The van der Waals surface area contributed by atoms with Crippen LogP contribution in [-0.2, 0) is 27.3 Å². The lowest BCUT2D eigenvalue weighted by atomic mass is 9.96. The van der Waals surface area contributed by atoms with E-state index in [-0.39, 0.29) is 24.3 Å². The molecule has 1 spiro atoms. The molecule has 5 rings (SSSR count). The van der Waals surface area contributed by atoms with E-state index in [1.807, 2.05) is 41.3 Å². The number of likely N-dealkylation sites (tertiary alicyclic amines) is 1. The highest BCUT2D eigenvalue weighted by atomic mass is 16.5. The lowest BCUT2D eigenvalue weighted by molar-refractivity contribution is -0.143. The van der Waals surface area contributed by atoms with Gasteiger partial charge in [0.2, 0.25) is 11.8 Å². The number of carbonyl (C=O) groups excluding carboxylic acids is 3. The van der Waals surface area contributed by atoms with Crippen molar-refractivity contribution in [1.29, 1.82) is 0 Å². The van der Waals surface area contributed by atoms with Gasteiger partial charge in [-0.2, -0.15) is 0 Å². The van der Waals surface area contributed by atoms with Crippen molar-refractivity contribution in [3.8, 4) is 5.75 Å². The van der Waals surface area contributed by atoms with E-state index in [4.69, 9.17) is 9.47 Å². The highest BCUT2D eigenvalue weighted by molar-refractivity contribution is 5.98. The molecule has 0 radical (unpaired) electrons. The number of aromatic nitrogens is 1. The van der Waals surface area contributed by atoms with Gasteiger partial charge in [-0.3, -0.25) is 24.3 Å². The van der Waals surface area contributed by atoms with E-state index in [0.29, 0.717) is 50.2 Å². The molecule has 2 aromatic carbocycles. The normalized spacial score (nSPS) is 18.1. The Morgan fingerprint density at radius 2 is 1.79 bits per heavy atom. The predicted octanol–water partition coefficient (Wildman–Crippen LogP) is 2.81. The van der Waals surface area contributed by atoms with Crippen LogP contribution in [0, 0.1) is 0 Å². The third-order valence-electron chi connectivity index (χ3n) is 7.38. The summed E-state index contributed by atoms with van der Waals surface area (Å²) in [7, 11) is 1.54. The minimum atomic E-state index is -0.986. The van der Waals surface area contributed by atoms with Crippen molar-refractivity contribution < 1.29 is 23.9 Å². The average Bonchev–Trinajstić information content (AvgIpc) is 3.35. The van der Waals surface area contributed by atoms with E-state index in [1.54, 1.807) is 54.7 Å². The van der Waals surface area contributed by atoms with Crippen LogP contribution in [0.1, 0.15) is 34.3 Å². The maximum absolute atomic E-state index is 14.0. The van der Waals surface area contributed by atoms with Gasteiger partial charge in [-0.05, 0) is 35.4 Å². The van der Waals surface area contributed by atoms with Gasteiger partial charge in [-0.25, -0.2) is 0 Å². The number of nitrogens with zero attached hydrogens (tertiary/aromatic N) is 3. The lowest BCUT2D eigenvalue weighted by Gasteiger charge is -2.44. The standard InChI is InChI=1S/C30H32N4O5/c1-38-25-11-5-10-24(18-25)29(37)34-26(28(36)32-20-23-9-6-14-31-19-23)21-39-30(34)12-15-33(16-13-30)27(35)17-22-7-3-2-4-8-22/h2-11,14,18-19,26H,12-13,15-17,20-21H2,1H3,(H,32,36)/t26-/m0/s1. The second-order valence-electron chi connectivity index (χ2n) is 9.80. The minimum Gasteiger partial charge on any atom is -0.497 e. The maximum Gasteiger partial charge on any atom is 0.257 e. The van der Waals surface area contributed by atoms with Crippen LogP contribution in [0.4, 0.5) is 0 Å². The molecule has 202 valence electrons. The molecule has 1 N–H and O–H groups in total. The van der Waals surface area contributed by atoms with Crippen LogP contribution in [-0.4, -0.2) is 71.1 Å². The zero-order valence-corrected chi connectivity index (χ0v) is 21.9. The minimum absolute atomic E-state index is 0.0329. The summed E-state index contributed by atoms with van der Waals surface area (Å²) in [6.07, 6.45) is 4.51. The van der Waals surface area contributed by atoms with Crippen molar-refractivity contribution in [1.82, 2.24) is 20.1 Å². The van der Waals surface area contributed by atoms with E-state index >= 15 is 0 Å². The molecule has 2 aliphatic rings. The zero-order chi connectivity index (χ0) is 27.2. The molecule has 0 aliphatic carbocycles. The Morgan fingerprint density at radius 1 is 1.03 bits per heavy atom. The molecule has 9 nitrogen and oxygen atoms in total. The molecule has 1 aromatic heterocycles. The van der Waals surface area contributed by atoms with Crippen molar-refractivity contribution in [2.45, 2.75) is 37.6 Å². The molecule has 2 fully saturated rings. The molecule has 9 heteroatoms. The van der Waals surface area contributed by atoms with E-state index < -0.39 is 11.8 Å². The molecular formula is C30H32N4O5. The third kappa shape index (κ3) is 5.78. The zero-order valence-electron chi connectivity index (χ0n) is 21.9. The van der Waals surface area contributed by atoms with Gasteiger partial charge in [0.1, 0.15) is 17.5 Å². The van der Waals surface area contributed by atoms with E-state index in [9.17, 15) is 14.4 Å². The van der Waals surface area contributed by atoms with Crippen LogP contribution in [0.15, 0.2) is 79.1 Å². The summed E-state index contributed by atoms with van der Waals surface area (Å²) >= 11 is 0. The van der Waals surface area contributed by atoms with Crippen molar-refractivity contribution in [3.63, 3.8) is 0 Å². The molecular weight excluding hydrogens is 496 g/mol. The van der Waals surface area contributed by atoms with Gasteiger partial charge in [0, 0.05) is 50.4 Å². The number of rotatable bonds is 7. The Morgan fingerprint density at radius 3 is 2.51 bits per heavy atom. The van der Waals surface area contributed by atoms with Crippen LogP contribution < -0.4 is 10.1 Å². The summed E-state index contributed by atoms with van der Waals surface area (Å²) in [6, 6.07) is 19.4.